The molecular formula is C5H6BrF3Mg. The van der Waals surface area contributed by atoms with Crippen LogP contribution in [0.1, 0.15) is 12.8 Å². The van der Waals surface area contributed by atoms with Crippen molar-refractivity contribution in [1.82, 2.24) is 0 Å². The number of alkyl halides is 3. The summed E-state index contributed by atoms with van der Waals surface area (Å²) >= 11 is 1.41. The van der Waals surface area contributed by atoms with Gasteiger partial charge in [-0.25, -0.2) is 0 Å². The summed E-state index contributed by atoms with van der Waals surface area (Å²) in [5.41, 5.74) is -1.26. The second-order valence-corrected chi connectivity index (χ2v) is 3.03. The van der Waals surface area contributed by atoms with Crippen molar-refractivity contribution in [1.29, 1.82) is 0 Å². The first-order valence-electron chi connectivity index (χ1n) is 2.88. The predicted molar refractivity (Wildman–Crippen MR) is 28.3 cm³/mol. The van der Waals surface area contributed by atoms with Gasteiger partial charge in [-0.15, -0.1) is 0 Å². The summed E-state index contributed by atoms with van der Waals surface area (Å²) in [6, 6.07) is 0. The van der Waals surface area contributed by atoms with E-state index in [1.54, 1.807) is 0 Å². The van der Waals surface area contributed by atoms with Crippen LogP contribution in [-0.2, 0) is 0 Å². The number of halogens is 4. The maximum atomic E-state index is 11.9. The zero-order chi connectivity index (χ0) is 7.12. The van der Waals surface area contributed by atoms with Crippen LogP contribution in [-0.4, -0.2) is 27.9 Å². The van der Waals surface area contributed by atoms with E-state index in [0.717, 1.165) is 0 Å². The topological polar surface area (TPSA) is 0 Å². The van der Waals surface area contributed by atoms with Gasteiger partial charge in [-0.2, -0.15) is 0 Å². The summed E-state index contributed by atoms with van der Waals surface area (Å²) in [4.78, 5) is 0. The smallest absolute Gasteiger partial charge is 1.00 e. The molecule has 1 saturated carbocycles. The first-order chi connectivity index (χ1) is 4.02. The van der Waals surface area contributed by atoms with Crippen molar-refractivity contribution < 1.29 is 30.2 Å². The Bertz CT molecular complexity index is 119. The SMILES string of the molecule is FC(F)(F)C1([CH2][Mg+])CC1.[Br-]. The minimum atomic E-state index is -3.94. The molecule has 1 aliphatic carbocycles. The van der Waals surface area contributed by atoms with Crippen molar-refractivity contribution >= 4 is 21.7 Å². The molecule has 1 rings (SSSR count). The monoisotopic (exact) mass is 226 g/mol. The fraction of sp³-hybridized carbons (Fsp3) is 1.00. The van der Waals surface area contributed by atoms with Gasteiger partial charge in [0.05, 0.1) is 0 Å². The summed E-state index contributed by atoms with van der Waals surface area (Å²) < 4.78 is 36.0. The molecule has 0 bridgehead atoms. The molecule has 56 valence electrons. The quantitative estimate of drug-likeness (QED) is 0.500. The summed E-state index contributed by atoms with van der Waals surface area (Å²) in [5, 5.41) is 0. The molecular weight excluding hydrogens is 221 g/mol. The summed E-state index contributed by atoms with van der Waals surface area (Å²) in [7, 11) is 0. The number of hydrogen-bond donors (Lipinski definition) is 0. The van der Waals surface area contributed by atoms with Crippen LogP contribution >= 0.6 is 0 Å². The largest absolute Gasteiger partial charge is 1.00 e. The molecule has 0 saturated heterocycles. The molecule has 10 heavy (non-hydrogen) atoms. The summed E-state index contributed by atoms with van der Waals surface area (Å²) in [6.07, 6.45) is -3.24. The third-order valence-corrected chi connectivity index (χ3v) is 2.89. The predicted octanol–water partition coefficient (Wildman–Crippen LogP) is -1.08. The molecule has 0 nitrogen and oxygen atoms in total. The van der Waals surface area contributed by atoms with Gasteiger partial charge in [-0.3, -0.25) is 0 Å². The minimum absolute atomic E-state index is 0. The Morgan fingerprint density at radius 1 is 1.30 bits per heavy atom. The van der Waals surface area contributed by atoms with E-state index in [1.165, 1.54) is 21.7 Å². The van der Waals surface area contributed by atoms with E-state index in [1.807, 2.05) is 0 Å². The van der Waals surface area contributed by atoms with E-state index >= 15 is 0 Å². The maximum absolute atomic E-state index is 11.9. The summed E-state index contributed by atoms with van der Waals surface area (Å²) in [6.45, 7) is 0. The Labute approximate surface area is 80.8 Å². The van der Waals surface area contributed by atoms with Crippen LogP contribution in [0.15, 0.2) is 0 Å². The van der Waals surface area contributed by atoms with Crippen molar-refractivity contribution in [2.24, 2.45) is 5.41 Å². The standard InChI is InChI=1S/C5H6F3.BrH.Mg/c1-4(2-3-4)5(6,7)8;;/h1-3H2;1H;/q;;+1/p-1. The summed E-state index contributed by atoms with van der Waals surface area (Å²) in [5.74, 6) is 0. The van der Waals surface area contributed by atoms with E-state index < -0.39 is 11.6 Å². The van der Waals surface area contributed by atoms with Crippen LogP contribution in [0.4, 0.5) is 13.2 Å². The van der Waals surface area contributed by atoms with Gasteiger partial charge in [-0.1, -0.05) is 0 Å². The third kappa shape index (κ3) is 1.79. The van der Waals surface area contributed by atoms with Crippen molar-refractivity contribution in [3.63, 3.8) is 0 Å². The molecule has 0 aromatic heterocycles. The van der Waals surface area contributed by atoms with Gasteiger partial charge in [0.1, 0.15) is 0 Å². The van der Waals surface area contributed by atoms with Crippen molar-refractivity contribution in [3.05, 3.63) is 0 Å². The molecule has 0 amide bonds. The van der Waals surface area contributed by atoms with E-state index in [-0.39, 0.29) is 21.5 Å². The zero-order valence-corrected chi connectivity index (χ0v) is 8.34. The van der Waals surface area contributed by atoms with Gasteiger partial charge in [0.2, 0.25) is 0 Å². The Kier molecular flexibility index (Phi) is 3.52. The molecule has 0 atom stereocenters. The molecule has 0 heterocycles. The normalized spacial score (nSPS) is 21.7. The molecule has 0 N–H and O–H groups in total. The van der Waals surface area contributed by atoms with Gasteiger partial charge >= 0.3 is 63.9 Å². The maximum Gasteiger partial charge on any atom is -1.00 e. The second-order valence-electron chi connectivity index (χ2n) is 2.53. The molecule has 0 aliphatic heterocycles. The van der Waals surface area contributed by atoms with Crippen LogP contribution in [0, 0.1) is 5.41 Å². The molecule has 0 aromatic carbocycles. The second kappa shape index (κ2) is 3.19. The average Bonchev–Trinajstić information content (AvgIpc) is 2.40. The van der Waals surface area contributed by atoms with Crippen molar-refractivity contribution in [3.8, 4) is 0 Å². The van der Waals surface area contributed by atoms with Gasteiger partial charge in [0, 0.05) is 0 Å². The Morgan fingerprint density at radius 2 is 1.70 bits per heavy atom. The number of rotatable bonds is 1. The number of hydrogen-bond acceptors (Lipinski definition) is 0. The molecule has 0 unspecified atom stereocenters. The van der Waals surface area contributed by atoms with Crippen LogP contribution in [0.5, 0.6) is 0 Å². The van der Waals surface area contributed by atoms with E-state index in [0.29, 0.717) is 12.8 Å². The van der Waals surface area contributed by atoms with Crippen molar-refractivity contribution in [2.75, 3.05) is 0 Å². The van der Waals surface area contributed by atoms with Gasteiger partial charge in [0.15, 0.2) is 0 Å². The first-order valence-corrected chi connectivity index (χ1v) is 3.88. The molecule has 5 heteroatoms. The molecule has 0 aromatic rings. The third-order valence-electron chi connectivity index (χ3n) is 1.93. The van der Waals surface area contributed by atoms with Gasteiger partial charge < -0.3 is 17.0 Å². The Morgan fingerprint density at radius 3 is 1.70 bits per heavy atom. The van der Waals surface area contributed by atoms with Crippen LogP contribution in [0.3, 0.4) is 0 Å². The average molecular weight is 227 g/mol. The fourth-order valence-corrected chi connectivity index (χ4v) is 1.61. The Hall–Kier alpha value is 1.04. The van der Waals surface area contributed by atoms with E-state index in [2.05, 4.69) is 0 Å². The van der Waals surface area contributed by atoms with E-state index in [9.17, 15) is 13.2 Å². The fourth-order valence-electron chi connectivity index (χ4n) is 0.826. The molecule has 0 radical (unpaired) electrons. The van der Waals surface area contributed by atoms with Crippen LogP contribution < -0.4 is 17.0 Å². The van der Waals surface area contributed by atoms with Gasteiger partial charge in [-0.05, 0) is 0 Å². The van der Waals surface area contributed by atoms with Crippen molar-refractivity contribution in [2.45, 2.75) is 23.6 Å². The molecule has 0 spiro atoms. The minimum Gasteiger partial charge on any atom is -1.00 e. The Balaban J connectivity index is 0.000000810. The van der Waals surface area contributed by atoms with E-state index in [4.69, 9.17) is 0 Å². The first kappa shape index (κ1) is 11.0. The van der Waals surface area contributed by atoms with Gasteiger partial charge in [0.25, 0.3) is 0 Å². The van der Waals surface area contributed by atoms with Crippen LogP contribution in [0.25, 0.3) is 0 Å². The zero-order valence-electron chi connectivity index (χ0n) is 5.34. The molecule has 1 fully saturated rings. The van der Waals surface area contributed by atoms with Crippen LogP contribution in [0.2, 0.25) is 4.55 Å². The molecule has 1 aliphatic rings.